The lowest BCUT2D eigenvalue weighted by Gasteiger charge is -2.28. The third-order valence-corrected chi connectivity index (χ3v) is 4.77. The van der Waals surface area contributed by atoms with Crippen molar-refractivity contribution in [1.82, 2.24) is 14.7 Å². The van der Waals surface area contributed by atoms with Crippen LogP contribution in [0.4, 0.5) is 0 Å². The number of carbonyl (C=O) groups is 2. The van der Waals surface area contributed by atoms with E-state index in [1.54, 1.807) is 0 Å². The summed E-state index contributed by atoms with van der Waals surface area (Å²) >= 11 is 0. The summed E-state index contributed by atoms with van der Waals surface area (Å²) in [6.07, 6.45) is 2.61. The van der Waals surface area contributed by atoms with Crippen LogP contribution in [-0.2, 0) is 14.3 Å². The maximum absolute atomic E-state index is 12.4. The molecule has 3 rings (SSSR count). The molecule has 0 aromatic heterocycles. The number of ether oxygens (including phenoxy) is 1. The first kappa shape index (κ1) is 14.8. The molecule has 1 unspecified atom stereocenters. The zero-order valence-electron chi connectivity index (χ0n) is 12.6. The second-order valence-electron chi connectivity index (χ2n) is 6.23. The summed E-state index contributed by atoms with van der Waals surface area (Å²) in [5.74, 6) is 0.218. The van der Waals surface area contributed by atoms with E-state index in [9.17, 15) is 9.59 Å². The molecule has 0 aliphatic carbocycles. The van der Waals surface area contributed by atoms with E-state index in [1.165, 1.54) is 0 Å². The van der Waals surface area contributed by atoms with Gasteiger partial charge in [-0.15, -0.1) is 0 Å². The maximum Gasteiger partial charge on any atom is 0.227 e. The Labute approximate surface area is 126 Å². The van der Waals surface area contributed by atoms with Crippen LogP contribution in [-0.4, -0.2) is 85.5 Å². The fourth-order valence-corrected chi connectivity index (χ4v) is 3.44. The van der Waals surface area contributed by atoms with E-state index >= 15 is 0 Å². The smallest absolute Gasteiger partial charge is 0.227 e. The lowest BCUT2D eigenvalue weighted by atomic mass is 10.1. The van der Waals surface area contributed by atoms with Crippen LogP contribution >= 0.6 is 0 Å². The van der Waals surface area contributed by atoms with Crippen LogP contribution < -0.4 is 0 Å². The predicted molar refractivity (Wildman–Crippen MR) is 77.8 cm³/mol. The van der Waals surface area contributed by atoms with Crippen LogP contribution in [0.2, 0.25) is 0 Å². The fraction of sp³-hybridized carbons (Fsp3) is 0.867. The van der Waals surface area contributed by atoms with Gasteiger partial charge in [0.2, 0.25) is 11.8 Å². The van der Waals surface area contributed by atoms with Crippen molar-refractivity contribution in [1.29, 1.82) is 0 Å². The van der Waals surface area contributed by atoms with Crippen LogP contribution in [0.3, 0.4) is 0 Å². The quantitative estimate of drug-likeness (QED) is 0.720. The molecule has 0 aromatic rings. The van der Waals surface area contributed by atoms with Crippen LogP contribution in [0.1, 0.15) is 19.3 Å². The van der Waals surface area contributed by atoms with Crippen molar-refractivity contribution in [2.24, 2.45) is 5.92 Å². The Kier molecular flexibility index (Phi) is 4.75. The number of amides is 2. The summed E-state index contributed by atoms with van der Waals surface area (Å²) < 4.78 is 5.33. The van der Waals surface area contributed by atoms with E-state index in [2.05, 4.69) is 4.90 Å². The van der Waals surface area contributed by atoms with Gasteiger partial charge in [-0.3, -0.25) is 14.5 Å². The van der Waals surface area contributed by atoms with E-state index in [-0.39, 0.29) is 17.7 Å². The van der Waals surface area contributed by atoms with Gasteiger partial charge in [-0.2, -0.15) is 0 Å². The average molecular weight is 295 g/mol. The normalized spacial score (nSPS) is 27.6. The molecule has 0 N–H and O–H groups in total. The number of hydrogen-bond donors (Lipinski definition) is 0. The Morgan fingerprint density at radius 3 is 2.52 bits per heavy atom. The summed E-state index contributed by atoms with van der Waals surface area (Å²) in [5, 5.41) is 0. The molecule has 1 atom stereocenters. The highest BCUT2D eigenvalue weighted by Crippen LogP contribution is 2.22. The molecule has 3 aliphatic heterocycles. The maximum atomic E-state index is 12.4. The molecule has 0 bridgehead atoms. The molecule has 0 radical (unpaired) electrons. The predicted octanol–water partition coefficient (Wildman–Crippen LogP) is -0.210. The van der Waals surface area contributed by atoms with E-state index in [0.29, 0.717) is 13.0 Å². The molecule has 0 spiro atoms. The van der Waals surface area contributed by atoms with Gasteiger partial charge in [0.1, 0.15) is 0 Å². The van der Waals surface area contributed by atoms with Gasteiger partial charge in [0, 0.05) is 52.2 Å². The van der Waals surface area contributed by atoms with Gasteiger partial charge in [0.05, 0.1) is 19.1 Å². The third-order valence-electron chi connectivity index (χ3n) is 4.77. The van der Waals surface area contributed by atoms with Crippen molar-refractivity contribution in [3.05, 3.63) is 0 Å². The highest BCUT2D eigenvalue weighted by molar-refractivity contribution is 5.89. The molecular formula is C15H25N3O3. The van der Waals surface area contributed by atoms with Gasteiger partial charge in [0.15, 0.2) is 0 Å². The minimum atomic E-state index is -0.111. The van der Waals surface area contributed by atoms with Gasteiger partial charge in [-0.05, 0) is 12.8 Å². The van der Waals surface area contributed by atoms with Crippen LogP contribution in [0.15, 0.2) is 0 Å². The number of morpholine rings is 1. The Morgan fingerprint density at radius 2 is 1.81 bits per heavy atom. The first-order valence-corrected chi connectivity index (χ1v) is 8.11. The summed E-state index contributed by atoms with van der Waals surface area (Å²) in [5.41, 5.74) is 0. The average Bonchev–Trinajstić information content (AvgIpc) is 3.15. The topological polar surface area (TPSA) is 53.1 Å². The van der Waals surface area contributed by atoms with Crippen LogP contribution in [0.25, 0.3) is 0 Å². The first-order valence-electron chi connectivity index (χ1n) is 8.11. The van der Waals surface area contributed by atoms with Gasteiger partial charge in [0.25, 0.3) is 0 Å². The molecule has 3 saturated heterocycles. The summed E-state index contributed by atoms with van der Waals surface area (Å²) in [6.45, 7) is 7.43. The number of hydrogen-bond acceptors (Lipinski definition) is 4. The van der Waals surface area contributed by atoms with E-state index < -0.39 is 0 Å². The van der Waals surface area contributed by atoms with Crippen molar-refractivity contribution in [3.63, 3.8) is 0 Å². The standard InChI is InChI=1S/C15H25N3O3/c19-14-11-13(15(20)17-3-1-2-4-17)12-18(14)6-5-16-7-9-21-10-8-16/h13H,1-12H2. The molecule has 0 saturated carbocycles. The lowest BCUT2D eigenvalue weighted by Crippen LogP contribution is -2.42. The lowest BCUT2D eigenvalue weighted by molar-refractivity contribution is -0.134. The molecule has 21 heavy (non-hydrogen) atoms. The van der Waals surface area contributed by atoms with Crippen molar-refractivity contribution in [2.75, 3.05) is 59.0 Å². The molecule has 3 aliphatic rings. The highest BCUT2D eigenvalue weighted by atomic mass is 16.5. The largest absolute Gasteiger partial charge is 0.379 e. The Morgan fingerprint density at radius 1 is 1.10 bits per heavy atom. The molecule has 3 heterocycles. The Balaban J connectivity index is 1.46. The Bertz CT molecular complexity index is 390. The monoisotopic (exact) mass is 295 g/mol. The highest BCUT2D eigenvalue weighted by Gasteiger charge is 2.36. The van der Waals surface area contributed by atoms with E-state index in [1.807, 2.05) is 9.80 Å². The third kappa shape index (κ3) is 3.55. The van der Waals surface area contributed by atoms with Crippen molar-refractivity contribution in [2.45, 2.75) is 19.3 Å². The molecule has 3 fully saturated rings. The van der Waals surface area contributed by atoms with Gasteiger partial charge < -0.3 is 14.5 Å². The van der Waals surface area contributed by atoms with Gasteiger partial charge in [-0.25, -0.2) is 0 Å². The molecular weight excluding hydrogens is 270 g/mol. The molecule has 6 nitrogen and oxygen atoms in total. The zero-order chi connectivity index (χ0) is 14.7. The number of nitrogens with zero attached hydrogens (tertiary/aromatic N) is 3. The van der Waals surface area contributed by atoms with Crippen molar-refractivity contribution >= 4 is 11.8 Å². The van der Waals surface area contributed by atoms with E-state index in [4.69, 9.17) is 4.74 Å². The number of carbonyl (C=O) groups excluding carboxylic acids is 2. The minimum absolute atomic E-state index is 0.111. The van der Waals surface area contributed by atoms with Gasteiger partial charge >= 0.3 is 0 Å². The number of likely N-dealkylation sites (tertiary alicyclic amines) is 2. The summed E-state index contributed by atoms with van der Waals surface area (Å²) in [6, 6.07) is 0. The van der Waals surface area contributed by atoms with Crippen molar-refractivity contribution < 1.29 is 14.3 Å². The van der Waals surface area contributed by atoms with Gasteiger partial charge in [-0.1, -0.05) is 0 Å². The molecule has 118 valence electrons. The van der Waals surface area contributed by atoms with Crippen LogP contribution in [0.5, 0.6) is 0 Å². The number of rotatable bonds is 4. The first-order chi connectivity index (χ1) is 10.2. The molecule has 2 amide bonds. The minimum Gasteiger partial charge on any atom is -0.379 e. The van der Waals surface area contributed by atoms with Crippen LogP contribution in [0, 0.1) is 5.92 Å². The summed E-state index contributed by atoms with van der Waals surface area (Å²) in [4.78, 5) is 30.6. The summed E-state index contributed by atoms with van der Waals surface area (Å²) in [7, 11) is 0. The molecule has 6 heteroatoms. The second-order valence-corrected chi connectivity index (χ2v) is 6.23. The SMILES string of the molecule is O=C1CC(C(=O)N2CCCC2)CN1CCN1CCOCC1. The van der Waals surface area contributed by atoms with E-state index in [0.717, 1.165) is 65.3 Å². The Hall–Kier alpha value is -1.14. The van der Waals surface area contributed by atoms with Crippen molar-refractivity contribution in [3.8, 4) is 0 Å². The zero-order valence-corrected chi connectivity index (χ0v) is 12.6. The second kappa shape index (κ2) is 6.75. The molecule has 0 aromatic carbocycles. The fourth-order valence-electron chi connectivity index (χ4n) is 3.44.